The van der Waals surface area contributed by atoms with E-state index in [9.17, 15) is 9.90 Å². The fourth-order valence-electron chi connectivity index (χ4n) is 2.55. The molecule has 0 aliphatic rings. The summed E-state index contributed by atoms with van der Waals surface area (Å²) < 4.78 is 1.94. The van der Waals surface area contributed by atoms with Gasteiger partial charge in [-0.15, -0.1) is 0 Å². The van der Waals surface area contributed by atoms with Crippen molar-refractivity contribution in [2.24, 2.45) is 0 Å². The van der Waals surface area contributed by atoms with Crippen LogP contribution in [0.4, 0.5) is 0 Å². The summed E-state index contributed by atoms with van der Waals surface area (Å²) in [7, 11) is 0. The van der Waals surface area contributed by atoms with Crippen molar-refractivity contribution in [1.82, 2.24) is 4.57 Å². The summed E-state index contributed by atoms with van der Waals surface area (Å²) in [5.74, 6) is -1.41. The Morgan fingerprint density at radius 2 is 1.86 bits per heavy atom. The van der Waals surface area contributed by atoms with Gasteiger partial charge < -0.3 is 9.67 Å². The van der Waals surface area contributed by atoms with Crippen molar-refractivity contribution in [3.8, 4) is 0 Å². The summed E-state index contributed by atoms with van der Waals surface area (Å²) in [6.45, 7) is 0.378. The van der Waals surface area contributed by atoms with Gasteiger partial charge in [-0.25, -0.2) is 0 Å². The molecule has 1 N–H and O–H groups in total. The number of aliphatic carboxylic acids is 1. The van der Waals surface area contributed by atoms with Gasteiger partial charge in [0.2, 0.25) is 0 Å². The Labute approximate surface area is 127 Å². The van der Waals surface area contributed by atoms with Crippen molar-refractivity contribution in [3.05, 3.63) is 71.4 Å². The van der Waals surface area contributed by atoms with E-state index in [1.165, 1.54) is 0 Å². The Hall–Kier alpha value is -2.26. The molecule has 0 aliphatic heterocycles. The van der Waals surface area contributed by atoms with E-state index in [1.807, 2.05) is 65.4 Å². The van der Waals surface area contributed by atoms with Gasteiger partial charge in [0.25, 0.3) is 0 Å². The zero-order valence-corrected chi connectivity index (χ0v) is 12.0. The Bertz CT molecular complexity index is 780. The van der Waals surface area contributed by atoms with Crippen molar-refractivity contribution in [2.75, 3.05) is 0 Å². The number of fused-ring (bicyclic) bond motifs is 1. The molecule has 3 aromatic rings. The highest BCUT2D eigenvalue weighted by atomic mass is 35.5. The fourth-order valence-corrected chi connectivity index (χ4v) is 2.79. The predicted octanol–water partition coefficient (Wildman–Crippen LogP) is 4.16. The number of aromatic nitrogens is 1. The Balaban J connectivity index is 1.99. The highest BCUT2D eigenvalue weighted by Crippen LogP contribution is 2.27. The van der Waals surface area contributed by atoms with E-state index in [1.54, 1.807) is 0 Å². The molecule has 2 aromatic carbocycles. The molecule has 3 rings (SSSR count). The highest BCUT2D eigenvalue weighted by molar-refractivity contribution is 6.35. The number of hydrogen-bond acceptors (Lipinski definition) is 1. The molecule has 4 heteroatoms. The minimum atomic E-state index is -0.829. The highest BCUT2D eigenvalue weighted by Gasteiger charge is 2.20. The molecule has 0 fully saturated rings. The molecule has 1 aromatic heterocycles. The summed E-state index contributed by atoms with van der Waals surface area (Å²) >= 11 is 6.16. The van der Waals surface area contributed by atoms with Crippen LogP contribution in [-0.2, 0) is 11.3 Å². The molecule has 1 unspecified atom stereocenters. The van der Waals surface area contributed by atoms with E-state index in [2.05, 4.69) is 0 Å². The van der Waals surface area contributed by atoms with Crippen LogP contribution in [-0.4, -0.2) is 15.6 Å². The summed E-state index contributed by atoms with van der Waals surface area (Å²) in [5, 5.41) is 11.1. The molecule has 0 bridgehead atoms. The maximum atomic E-state index is 11.6. The predicted molar refractivity (Wildman–Crippen MR) is 83.8 cm³/mol. The molecule has 0 aliphatic carbocycles. The third-order valence-corrected chi connectivity index (χ3v) is 3.97. The first-order valence-electron chi connectivity index (χ1n) is 6.68. The molecule has 0 amide bonds. The lowest BCUT2D eigenvalue weighted by molar-refractivity contribution is -0.139. The lowest BCUT2D eigenvalue weighted by Crippen LogP contribution is -2.17. The fraction of sp³-hybridized carbons (Fsp3) is 0.118. The molecule has 21 heavy (non-hydrogen) atoms. The van der Waals surface area contributed by atoms with Crippen LogP contribution in [0.25, 0.3) is 10.9 Å². The van der Waals surface area contributed by atoms with Gasteiger partial charge in [0, 0.05) is 28.7 Å². The van der Waals surface area contributed by atoms with E-state index in [4.69, 9.17) is 11.6 Å². The number of hydrogen-bond donors (Lipinski definition) is 1. The summed E-state index contributed by atoms with van der Waals surface area (Å²) in [4.78, 5) is 11.6. The van der Waals surface area contributed by atoms with Crippen LogP contribution >= 0.6 is 11.6 Å². The van der Waals surface area contributed by atoms with Crippen molar-refractivity contribution in [2.45, 2.75) is 12.5 Å². The van der Waals surface area contributed by atoms with Gasteiger partial charge >= 0.3 is 5.97 Å². The standard InChI is InChI=1S/C17H14ClNO2/c18-15-7-4-8-16-13(15)9-10-19(16)11-14(17(20)21)12-5-2-1-3-6-12/h1-10,14H,11H2,(H,20,21). The maximum Gasteiger partial charge on any atom is 0.312 e. The monoisotopic (exact) mass is 299 g/mol. The number of carboxylic acids is 1. The normalized spacial score (nSPS) is 12.4. The van der Waals surface area contributed by atoms with E-state index < -0.39 is 11.9 Å². The Morgan fingerprint density at radius 1 is 1.10 bits per heavy atom. The van der Waals surface area contributed by atoms with Crippen LogP contribution < -0.4 is 0 Å². The number of carbonyl (C=O) groups is 1. The first kappa shape index (κ1) is 13.7. The molecular weight excluding hydrogens is 286 g/mol. The number of carboxylic acid groups (broad SMARTS) is 1. The van der Waals surface area contributed by atoms with Gasteiger partial charge in [0.15, 0.2) is 0 Å². The van der Waals surface area contributed by atoms with Crippen LogP contribution in [0.5, 0.6) is 0 Å². The maximum absolute atomic E-state index is 11.6. The van der Waals surface area contributed by atoms with E-state index in [-0.39, 0.29) is 0 Å². The number of halogens is 1. The van der Waals surface area contributed by atoms with Crippen LogP contribution in [0.3, 0.4) is 0 Å². The molecule has 0 spiro atoms. The third-order valence-electron chi connectivity index (χ3n) is 3.64. The summed E-state index contributed by atoms with van der Waals surface area (Å²) in [6.07, 6.45) is 1.88. The molecule has 1 heterocycles. The van der Waals surface area contributed by atoms with Gasteiger partial charge in [-0.3, -0.25) is 4.79 Å². The third kappa shape index (κ3) is 2.65. The van der Waals surface area contributed by atoms with Gasteiger partial charge in [0.05, 0.1) is 5.92 Å². The van der Waals surface area contributed by atoms with Gasteiger partial charge in [-0.05, 0) is 23.8 Å². The minimum absolute atomic E-state index is 0.378. The molecule has 3 nitrogen and oxygen atoms in total. The number of rotatable bonds is 4. The van der Waals surface area contributed by atoms with Gasteiger partial charge in [-0.2, -0.15) is 0 Å². The average molecular weight is 300 g/mol. The van der Waals surface area contributed by atoms with Crippen molar-refractivity contribution in [1.29, 1.82) is 0 Å². The van der Waals surface area contributed by atoms with Crippen LogP contribution in [0.1, 0.15) is 11.5 Å². The second-order valence-corrected chi connectivity index (χ2v) is 5.35. The van der Waals surface area contributed by atoms with Crippen molar-refractivity contribution in [3.63, 3.8) is 0 Å². The topological polar surface area (TPSA) is 42.2 Å². The second-order valence-electron chi connectivity index (χ2n) is 4.94. The first-order chi connectivity index (χ1) is 10.2. The van der Waals surface area contributed by atoms with E-state index in [0.717, 1.165) is 16.5 Å². The largest absolute Gasteiger partial charge is 0.481 e. The Morgan fingerprint density at radius 3 is 2.57 bits per heavy atom. The zero-order chi connectivity index (χ0) is 14.8. The lowest BCUT2D eigenvalue weighted by atomic mass is 9.99. The van der Waals surface area contributed by atoms with Gasteiger partial charge in [-0.1, -0.05) is 48.0 Å². The first-order valence-corrected chi connectivity index (χ1v) is 7.06. The second kappa shape index (κ2) is 5.62. The molecule has 0 radical (unpaired) electrons. The van der Waals surface area contributed by atoms with Crippen LogP contribution in [0.15, 0.2) is 60.8 Å². The van der Waals surface area contributed by atoms with Gasteiger partial charge in [0.1, 0.15) is 0 Å². The molecule has 0 saturated carbocycles. The summed E-state index contributed by atoms with van der Waals surface area (Å²) in [5.41, 5.74) is 1.75. The quantitative estimate of drug-likeness (QED) is 0.786. The summed E-state index contributed by atoms with van der Waals surface area (Å²) in [6, 6.07) is 16.9. The zero-order valence-electron chi connectivity index (χ0n) is 11.2. The molecule has 1 atom stereocenters. The number of benzene rings is 2. The minimum Gasteiger partial charge on any atom is -0.481 e. The average Bonchev–Trinajstić information content (AvgIpc) is 2.90. The Kier molecular flexibility index (Phi) is 3.67. The van der Waals surface area contributed by atoms with Crippen LogP contribution in [0.2, 0.25) is 5.02 Å². The smallest absolute Gasteiger partial charge is 0.312 e. The molecular formula is C17H14ClNO2. The van der Waals surface area contributed by atoms with Crippen molar-refractivity contribution < 1.29 is 9.90 Å². The van der Waals surface area contributed by atoms with Crippen LogP contribution in [0, 0.1) is 0 Å². The SMILES string of the molecule is O=C(O)C(Cn1ccc2c(Cl)cccc21)c1ccccc1. The molecule has 106 valence electrons. The van der Waals surface area contributed by atoms with E-state index in [0.29, 0.717) is 11.6 Å². The number of nitrogens with zero attached hydrogens (tertiary/aromatic N) is 1. The molecule has 0 saturated heterocycles. The lowest BCUT2D eigenvalue weighted by Gasteiger charge is -2.14. The van der Waals surface area contributed by atoms with E-state index >= 15 is 0 Å². The van der Waals surface area contributed by atoms with Crippen molar-refractivity contribution >= 4 is 28.5 Å².